The molecule has 1 aliphatic rings. The van der Waals surface area contributed by atoms with E-state index in [0.717, 1.165) is 32.4 Å². The first-order chi connectivity index (χ1) is 7.36. The van der Waals surface area contributed by atoms with Gasteiger partial charge >= 0.3 is 0 Å². The van der Waals surface area contributed by atoms with Crippen molar-refractivity contribution in [3.63, 3.8) is 0 Å². The highest BCUT2D eigenvalue weighted by molar-refractivity contribution is 5.08. The molecule has 2 nitrogen and oxygen atoms in total. The van der Waals surface area contributed by atoms with Crippen LogP contribution in [0.25, 0.3) is 0 Å². The Bertz CT molecular complexity index is 221. The highest BCUT2D eigenvalue weighted by Crippen LogP contribution is 2.14. The Hall–Kier alpha value is -0.760. The number of ether oxygens (including phenoxy) is 1. The van der Waals surface area contributed by atoms with Crippen molar-refractivity contribution in [3.05, 3.63) is 24.0 Å². The molecule has 0 fully saturated rings. The molecule has 15 heavy (non-hydrogen) atoms. The lowest BCUT2D eigenvalue weighted by Crippen LogP contribution is -2.19. The van der Waals surface area contributed by atoms with Crippen LogP contribution in [0.3, 0.4) is 0 Å². The Balaban J connectivity index is 2.34. The molecule has 0 aromatic rings. The average molecular weight is 209 g/mol. The van der Waals surface area contributed by atoms with Gasteiger partial charge in [-0.05, 0) is 44.4 Å². The molecule has 1 heterocycles. The van der Waals surface area contributed by atoms with Crippen LogP contribution >= 0.6 is 0 Å². The number of allylic oxidation sites excluding steroid dienone is 1. The second-order valence-electron chi connectivity index (χ2n) is 3.98. The highest BCUT2D eigenvalue weighted by atomic mass is 16.5. The van der Waals surface area contributed by atoms with Crippen molar-refractivity contribution in [3.8, 4) is 0 Å². The Morgan fingerprint density at radius 3 is 3.00 bits per heavy atom. The standard InChI is InChI=1S/C13H23NO/c1-3-8-14-11-12(4-2)10-13-7-5-6-9-15-13/h6,9-10,13-14H,3-5,7-8,11H2,1-2H3. The summed E-state index contributed by atoms with van der Waals surface area (Å²) >= 11 is 0. The summed E-state index contributed by atoms with van der Waals surface area (Å²) in [6, 6.07) is 0. The van der Waals surface area contributed by atoms with E-state index in [1.165, 1.54) is 12.0 Å². The molecule has 0 bridgehead atoms. The second kappa shape index (κ2) is 7.52. The maximum Gasteiger partial charge on any atom is 0.117 e. The molecular weight excluding hydrogens is 186 g/mol. The average Bonchev–Trinajstić information content (AvgIpc) is 2.29. The zero-order chi connectivity index (χ0) is 10.9. The van der Waals surface area contributed by atoms with Crippen molar-refractivity contribution in [1.82, 2.24) is 5.32 Å². The lowest BCUT2D eigenvalue weighted by molar-refractivity contribution is 0.164. The third-order valence-corrected chi connectivity index (χ3v) is 2.62. The first kappa shape index (κ1) is 12.3. The van der Waals surface area contributed by atoms with Gasteiger partial charge in [0.25, 0.3) is 0 Å². The van der Waals surface area contributed by atoms with Crippen LogP contribution in [-0.4, -0.2) is 19.2 Å². The van der Waals surface area contributed by atoms with Gasteiger partial charge in [-0.3, -0.25) is 0 Å². The summed E-state index contributed by atoms with van der Waals surface area (Å²) in [6.07, 6.45) is 11.1. The van der Waals surface area contributed by atoms with Gasteiger partial charge < -0.3 is 10.1 Å². The van der Waals surface area contributed by atoms with Gasteiger partial charge in [-0.15, -0.1) is 0 Å². The van der Waals surface area contributed by atoms with Crippen LogP contribution in [0.5, 0.6) is 0 Å². The predicted octanol–water partition coefficient (Wildman–Crippen LogP) is 3.02. The lowest BCUT2D eigenvalue weighted by atomic mass is 10.1. The molecule has 0 aromatic carbocycles. The molecule has 0 aliphatic carbocycles. The lowest BCUT2D eigenvalue weighted by Gasteiger charge is -2.17. The van der Waals surface area contributed by atoms with Crippen molar-refractivity contribution < 1.29 is 4.74 Å². The summed E-state index contributed by atoms with van der Waals surface area (Å²) in [5.74, 6) is 0. The van der Waals surface area contributed by atoms with Gasteiger partial charge in [0.05, 0.1) is 6.26 Å². The van der Waals surface area contributed by atoms with E-state index in [2.05, 4.69) is 31.3 Å². The minimum absolute atomic E-state index is 0.299. The number of hydrogen-bond donors (Lipinski definition) is 1. The molecule has 0 aromatic heterocycles. The van der Waals surface area contributed by atoms with Gasteiger partial charge in [0, 0.05) is 6.54 Å². The highest BCUT2D eigenvalue weighted by Gasteiger charge is 2.08. The van der Waals surface area contributed by atoms with E-state index in [1.54, 1.807) is 0 Å². The predicted molar refractivity (Wildman–Crippen MR) is 64.8 cm³/mol. The molecule has 0 radical (unpaired) electrons. The molecule has 1 aliphatic heterocycles. The molecule has 0 saturated heterocycles. The van der Waals surface area contributed by atoms with Crippen LogP contribution < -0.4 is 5.32 Å². The fourth-order valence-electron chi connectivity index (χ4n) is 1.67. The van der Waals surface area contributed by atoms with E-state index in [-0.39, 0.29) is 0 Å². The van der Waals surface area contributed by atoms with E-state index < -0.39 is 0 Å². The first-order valence-corrected chi connectivity index (χ1v) is 6.07. The zero-order valence-electron chi connectivity index (χ0n) is 9.96. The molecular formula is C13H23NO. The zero-order valence-corrected chi connectivity index (χ0v) is 9.96. The minimum atomic E-state index is 0.299. The Kier molecular flexibility index (Phi) is 6.17. The van der Waals surface area contributed by atoms with Gasteiger partial charge in [-0.25, -0.2) is 0 Å². The van der Waals surface area contributed by atoms with E-state index in [1.807, 2.05) is 6.26 Å². The molecule has 2 heteroatoms. The largest absolute Gasteiger partial charge is 0.494 e. The Morgan fingerprint density at radius 2 is 2.40 bits per heavy atom. The van der Waals surface area contributed by atoms with Gasteiger partial charge in [-0.2, -0.15) is 0 Å². The van der Waals surface area contributed by atoms with E-state index >= 15 is 0 Å². The molecule has 1 rings (SSSR count). The summed E-state index contributed by atoms with van der Waals surface area (Å²) in [5.41, 5.74) is 1.46. The topological polar surface area (TPSA) is 21.3 Å². The maximum atomic E-state index is 5.53. The Morgan fingerprint density at radius 1 is 1.53 bits per heavy atom. The SMILES string of the molecule is CCCNCC(=CC1CCC=CO1)CC. The number of rotatable bonds is 6. The summed E-state index contributed by atoms with van der Waals surface area (Å²) in [7, 11) is 0. The molecule has 86 valence electrons. The second-order valence-corrected chi connectivity index (χ2v) is 3.98. The third-order valence-electron chi connectivity index (χ3n) is 2.62. The van der Waals surface area contributed by atoms with Crippen LogP contribution in [0.15, 0.2) is 24.0 Å². The fraction of sp³-hybridized carbons (Fsp3) is 0.692. The molecule has 0 amide bonds. The van der Waals surface area contributed by atoms with Crippen LogP contribution in [0.4, 0.5) is 0 Å². The summed E-state index contributed by atoms with van der Waals surface area (Å²) in [6.45, 7) is 6.51. The maximum absolute atomic E-state index is 5.53. The molecule has 0 spiro atoms. The van der Waals surface area contributed by atoms with Gasteiger partial charge in [-0.1, -0.05) is 19.4 Å². The van der Waals surface area contributed by atoms with Crippen molar-refractivity contribution in [2.45, 2.75) is 45.6 Å². The van der Waals surface area contributed by atoms with Gasteiger partial charge in [0.1, 0.15) is 6.10 Å². The van der Waals surface area contributed by atoms with Gasteiger partial charge in [0.2, 0.25) is 0 Å². The summed E-state index contributed by atoms with van der Waals surface area (Å²) in [5, 5.41) is 3.43. The van der Waals surface area contributed by atoms with Crippen LogP contribution in [0.1, 0.15) is 39.5 Å². The van der Waals surface area contributed by atoms with Crippen LogP contribution in [0.2, 0.25) is 0 Å². The van der Waals surface area contributed by atoms with E-state index in [0.29, 0.717) is 6.10 Å². The van der Waals surface area contributed by atoms with Crippen LogP contribution in [-0.2, 0) is 4.74 Å². The van der Waals surface area contributed by atoms with Crippen LogP contribution in [0, 0.1) is 0 Å². The third kappa shape index (κ3) is 5.03. The number of hydrogen-bond acceptors (Lipinski definition) is 2. The van der Waals surface area contributed by atoms with Crippen molar-refractivity contribution >= 4 is 0 Å². The normalized spacial score (nSPS) is 21.5. The first-order valence-electron chi connectivity index (χ1n) is 6.07. The van der Waals surface area contributed by atoms with E-state index in [4.69, 9.17) is 4.74 Å². The summed E-state index contributed by atoms with van der Waals surface area (Å²) in [4.78, 5) is 0. The minimum Gasteiger partial charge on any atom is -0.494 e. The van der Waals surface area contributed by atoms with Crippen molar-refractivity contribution in [2.24, 2.45) is 0 Å². The van der Waals surface area contributed by atoms with Crippen molar-refractivity contribution in [2.75, 3.05) is 13.1 Å². The molecule has 1 unspecified atom stereocenters. The Labute approximate surface area is 93.4 Å². The molecule has 0 saturated carbocycles. The van der Waals surface area contributed by atoms with Crippen molar-refractivity contribution in [1.29, 1.82) is 0 Å². The fourth-order valence-corrected chi connectivity index (χ4v) is 1.67. The monoisotopic (exact) mass is 209 g/mol. The molecule has 1 atom stereocenters. The van der Waals surface area contributed by atoms with Gasteiger partial charge in [0.15, 0.2) is 0 Å². The quantitative estimate of drug-likeness (QED) is 0.536. The number of nitrogens with one attached hydrogen (secondary N) is 1. The van der Waals surface area contributed by atoms with E-state index in [9.17, 15) is 0 Å². The summed E-state index contributed by atoms with van der Waals surface area (Å²) < 4.78 is 5.53. The smallest absolute Gasteiger partial charge is 0.117 e. The molecule has 1 N–H and O–H groups in total.